The predicted octanol–water partition coefficient (Wildman–Crippen LogP) is 4.77. The molecule has 0 spiro atoms. The SMILES string of the molecule is CCOC(=O)C1=C(C)N=c2s/c(=C\c3cc(C)n(-c4cccc([N+](=O)[O-])c4)c3C)c(=O)n2[C@H]1c1ccccc1Cl. The van der Waals surface area contributed by atoms with Crippen LogP contribution in [-0.4, -0.2) is 26.6 Å². The van der Waals surface area contributed by atoms with Crippen LogP contribution in [0.5, 0.6) is 0 Å². The highest BCUT2D eigenvalue weighted by molar-refractivity contribution is 7.07. The number of nitro benzene ring substituents is 1. The Morgan fingerprint density at radius 3 is 2.62 bits per heavy atom. The molecule has 2 aromatic carbocycles. The topological polar surface area (TPSA) is 109 Å². The molecule has 0 unspecified atom stereocenters. The number of non-ortho nitro benzene ring substituents is 1. The van der Waals surface area contributed by atoms with Crippen molar-refractivity contribution in [2.75, 3.05) is 6.61 Å². The third-order valence-electron chi connectivity index (χ3n) is 6.77. The number of esters is 1. The van der Waals surface area contributed by atoms with Gasteiger partial charge >= 0.3 is 5.97 Å². The largest absolute Gasteiger partial charge is 0.463 e. The Bertz CT molecular complexity index is 1900. The van der Waals surface area contributed by atoms with Gasteiger partial charge in [-0.3, -0.25) is 19.5 Å². The smallest absolute Gasteiger partial charge is 0.338 e. The van der Waals surface area contributed by atoms with E-state index in [0.717, 1.165) is 17.0 Å². The second kappa shape index (κ2) is 10.7. The number of nitrogens with zero attached hydrogens (tertiary/aromatic N) is 4. The lowest BCUT2D eigenvalue weighted by atomic mass is 9.96. The highest BCUT2D eigenvalue weighted by Gasteiger charge is 2.34. The predicted molar refractivity (Wildman–Crippen MR) is 154 cm³/mol. The third-order valence-corrected chi connectivity index (χ3v) is 8.10. The minimum atomic E-state index is -0.802. The third kappa shape index (κ3) is 4.69. The van der Waals surface area contributed by atoms with Crippen molar-refractivity contribution in [1.29, 1.82) is 0 Å². The summed E-state index contributed by atoms with van der Waals surface area (Å²) in [5, 5.41) is 11.7. The van der Waals surface area contributed by atoms with E-state index < -0.39 is 16.9 Å². The molecule has 1 aliphatic rings. The van der Waals surface area contributed by atoms with Crippen molar-refractivity contribution >= 4 is 40.7 Å². The van der Waals surface area contributed by atoms with Crippen LogP contribution in [0.3, 0.4) is 0 Å². The van der Waals surface area contributed by atoms with Gasteiger partial charge in [0, 0.05) is 28.5 Å². The molecule has 0 aliphatic carbocycles. The molecule has 0 radical (unpaired) electrons. The maximum Gasteiger partial charge on any atom is 0.338 e. The van der Waals surface area contributed by atoms with Gasteiger partial charge in [0.15, 0.2) is 4.80 Å². The van der Waals surface area contributed by atoms with Gasteiger partial charge in [0.05, 0.1) is 33.0 Å². The lowest BCUT2D eigenvalue weighted by molar-refractivity contribution is -0.384. The molecule has 0 amide bonds. The van der Waals surface area contributed by atoms with Crippen LogP contribution in [0.1, 0.15) is 42.4 Å². The van der Waals surface area contributed by atoms with Crippen molar-refractivity contribution in [2.45, 2.75) is 33.7 Å². The number of nitro groups is 1. The Balaban J connectivity index is 1.69. The monoisotopic (exact) mass is 576 g/mol. The number of carbonyl (C=O) groups excluding carboxylic acids is 1. The van der Waals surface area contributed by atoms with E-state index >= 15 is 0 Å². The Morgan fingerprint density at radius 2 is 1.93 bits per heavy atom. The number of thiazole rings is 1. The normalized spacial score (nSPS) is 15.1. The van der Waals surface area contributed by atoms with Crippen LogP contribution in [0.25, 0.3) is 11.8 Å². The van der Waals surface area contributed by atoms with Crippen LogP contribution in [0.15, 0.2) is 75.7 Å². The first-order valence-electron chi connectivity index (χ1n) is 12.5. The average molecular weight is 577 g/mol. The summed E-state index contributed by atoms with van der Waals surface area (Å²) in [7, 11) is 0. The molecule has 0 bridgehead atoms. The molecule has 0 saturated heterocycles. The zero-order valence-corrected chi connectivity index (χ0v) is 23.7. The van der Waals surface area contributed by atoms with E-state index in [0.29, 0.717) is 31.3 Å². The molecule has 1 aliphatic heterocycles. The number of aryl methyl sites for hydroxylation is 1. The molecular weight excluding hydrogens is 552 g/mol. The van der Waals surface area contributed by atoms with Crippen LogP contribution >= 0.6 is 22.9 Å². The van der Waals surface area contributed by atoms with Crippen LogP contribution in [0.4, 0.5) is 5.69 Å². The maximum absolute atomic E-state index is 13.9. The van der Waals surface area contributed by atoms with E-state index in [1.807, 2.05) is 24.5 Å². The van der Waals surface area contributed by atoms with Crippen molar-refractivity contribution in [2.24, 2.45) is 4.99 Å². The number of hydrogen-bond acceptors (Lipinski definition) is 7. The second-order valence-corrected chi connectivity index (χ2v) is 10.7. The summed E-state index contributed by atoms with van der Waals surface area (Å²) in [6.07, 6.45) is 1.78. The lowest BCUT2D eigenvalue weighted by Gasteiger charge is -2.25. The molecule has 1 atom stereocenters. The summed E-state index contributed by atoms with van der Waals surface area (Å²) in [6.45, 7) is 7.41. The fraction of sp³-hybridized carbons (Fsp3) is 0.207. The summed E-state index contributed by atoms with van der Waals surface area (Å²) in [6, 6.07) is 14.6. The quantitative estimate of drug-likeness (QED) is 0.187. The van der Waals surface area contributed by atoms with Crippen molar-refractivity contribution in [3.05, 3.63) is 123 Å². The van der Waals surface area contributed by atoms with Crippen LogP contribution in [0, 0.1) is 24.0 Å². The van der Waals surface area contributed by atoms with E-state index in [9.17, 15) is 19.7 Å². The molecule has 0 fully saturated rings. The summed E-state index contributed by atoms with van der Waals surface area (Å²) in [4.78, 5) is 42.9. The summed E-state index contributed by atoms with van der Waals surface area (Å²) < 4.78 is 9.16. The van der Waals surface area contributed by atoms with Gasteiger partial charge < -0.3 is 9.30 Å². The molecular formula is C29H25ClN4O5S. The Morgan fingerprint density at radius 1 is 1.18 bits per heavy atom. The molecule has 4 aromatic rings. The molecule has 0 N–H and O–H groups in total. The molecule has 0 saturated carbocycles. The average Bonchev–Trinajstić information content (AvgIpc) is 3.37. The molecule has 9 nitrogen and oxygen atoms in total. The minimum Gasteiger partial charge on any atom is -0.463 e. The number of benzene rings is 2. The number of allylic oxidation sites excluding steroid dienone is 1. The molecule has 11 heteroatoms. The zero-order valence-electron chi connectivity index (χ0n) is 22.2. The number of hydrogen-bond donors (Lipinski definition) is 0. The molecule has 40 heavy (non-hydrogen) atoms. The number of rotatable bonds is 6. The van der Waals surface area contributed by atoms with E-state index in [1.54, 1.807) is 56.3 Å². The van der Waals surface area contributed by atoms with Gasteiger partial charge in [-0.2, -0.15) is 0 Å². The molecule has 2 aromatic heterocycles. The first-order valence-corrected chi connectivity index (χ1v) is 13.7. The fourth-order valence-corrected chi connectivity index (χ4v) is 6.28. The first kappa shape index (κ1) is 27.3. The van der Waals surface area contributed by atoms with Gasteiger partial charge in [0.25, 0.3) is 11.2 Å². The summed E-state index contributed by atoms with van der Waals surface area (Å²) in [5.41, 5.74) is 4.09. The van der Waals surface area contributed by atoms with Crippen LogP contribution in [-0.2, 0) is 9.53 Å². The van der Waals surface area contributed by atoms with Gasteiger partial charge in [0.2, 0.25) is 0 Å². The summed E-state index contributed by atoms with van der Waals surface area (Å²) in [5.74, 6) is -0.552. The minimum absolute atomic E-state index is 0.00722. The summed E-state index contributed by atoms with van der Waals surface area (Å²) >= 11 is 7.79. The fourth-order valence-electron chi connectivity index (χ4n) is 5.00. The Hall–Kier alpha value is -4.28. The van der Waals surface area contributed by atoms with E-state index in [2.05, 4.69) is 4.99 Å². The first-order chi connectivity index (χ1) is 19.1. The van der Waals surface area contributed by atoms with Crippen molar-refractivity contribution in [1.82, 2.24) is 9.13 Å². The van der Waals surface area contributed by atoms with Gasteiger partial charge in [-0.25, -0.2) is 9.79 Å². The number of aromatic nitrogens is 2. The van der Waals surface area contributed by atoms with E-state index in [-0.39, 0.29) is 23.4 Å². The maximum atomic E-state index is 13.9. The highest BCUT2D eigenvalue weighted by atomic mass is 35.5. The van der Waals surface area contributed by atoms with Crippen molar-refractivity contribution in [3.63, 3.8) is 0 Å². The molecule has 3 heterocycles. The number of carbonyl (C=O) groups is 1. The van der Waals surface area contributed by atoms with Crippen molar-refractivity contribution in [3.8, 4) is 5.69 Å². The standard InChI is InChI=1S/C29H25ClN4O5S/c1-5-39-28(36)25-17(3)31-29-33(26(25)22-11-6-7-12-23(22)30)27(35)24(40-29)14-19-13-16(2)32(18(19)4)20-9-8-10-21(15-20)34(37)38/h6-15,26H,5H2,1-4H3/b24-14-/t26-/m0/s1. The Labute approximate surface area is 238 Å². The number of ether oxygens (including phenoxy) is 1. The van der Waals surface area contributed by atoms with Crippen molar-refractivity contribution < 1.29 is 14.5 Å². The molecule has 5 rings (SSSR count). The second-order valence-electron chi connectivity index (χ2n) is 9.26. The lowest BCUT2D eigenvalue weighted by Crippen LogP contribution is -2.40. The number of halogens is 1. The number of fused-ring (bicyclic) bond motifs is 1. The zero-order chi connectivity index (χ0) is 28.7. The molecule has 204 valence electrons. The van der Waals surface area contributed by atoms with Crippen LogP contribution in [0.2, 0.25) is 5.02 Å². The van der Waals surface area contributed by atoms with Gasteiger partial charge in [0.1, 0.15) is 6.04 Å². The highest BCUT2D eigenvalue weighted by Crippen LogP contribution is 2.34. The van der Waals surface area contributed by atoms with E-state index in [4.69, 9.17) is 16.3 Å². The van der Waals surface area contributed by atoms with Gasteiger partial charge in [-0.1, -0.05) is 47.2 Å². The van der Waals surface area contributed by atoms with E-state index in [1.165, 1.54) is 28.0 Å². The van der Waals surface area contributed by atoms with Gasteiger partial charge in [-0.15, -0.1) is 0 Å². The Kier molecular flexibility index (Phi) is 7.31. The van der Waals surface area contributed by atoms with Gasteiger partial charge in [-0.05, 0) is 63.1 Å². The van der Waals surface area contributed by atoms with Crippen LogP contribution < -0.4 is 14.9 Å².